The van der Waals surface area contributed by atoms with E-state index in [0.29, 0.717) is 22.7 Å². The van der Waals surface area contributed by atoms with Crippen LogP contribution in [-0.4, -0.2) is 29.2 Å². The second kappa shape index (κ2) is 9.65. The van der Waals surface area contributed by atoms with E-state index in [0.717, 1.165) is 11.1 Å². The minimum absolute atomic E-state index is 0.124. The van der Waals surface area contributed by atoms with Gasteiger partial charge in [0.25, 0.3) is 5.91 Å². The minimum Gasteiger partial charge on any atom is -0.369 e. The van der Waals surface area contributed by atoms with Gasteiger partial charge in [0.15, 0.2) is 0 Å². The molecule has 0 heterocycles. The van der Waals surface area contributed by atoms with E-state index in [1.54, 1.807) is 56.3 Å². The van der Waals surface area contributed by atoms with Gasteiger partial charge in [-0.3, -0.25) is 4.79 Å². The van der Waals surface area contributed by atoms with Crippen molar-refractivity contribution in [3.05, 3.63) is 65.2 Å². The number of nitrogens with two attached hydrogens (primary N) is 4. The normalized spacial score (nSPS) is 11.5. The molecule has 2 aromatic rings. The Morgan fingerprint density at radius 1 is 0.724 bits per heavy atom. The van der Waals surface area contributed by atoms with Gasteiger partial charge in [-0.2, -0.15) is 10.2 Å². The number of hydrogen-bond donors (Lipinski definition) is 5. The third-order valence-electron chi connectivity index (χ3n) is 3.73. The van der Waals surface area contributed by atoms with Crippen molar-refractivity contribution in [2.24, 2.45) is 43.3 Å². The zero-order chi connectivity index (χ0) is 21.4. The molecule has 2 rings (SSSR count). The third-order valence-corrected chi connectivity index (χ3v) is 3.73. The SMILES string of the molecule is C/C(=N\N=C(N)N)c1ccc(C(=O)Nc2cccc(/C(C)=N/N=C(N)N)c2)cc1. The van der Waals surface area contributed by atoms with Crippen LogP contribution in [0.3, 0.4) is 0 Å². The summed E-state index contributed by atoms with van der Waals surface area (Å²) in [4.78, 5) is 12.5. The first kappa shape index (κ1) is 21.1. The number of anilines is 1. The highest BCUT2D eigenvalue weighted by molar-refractivity contribution is 6.06. The van der Waals surface area contributed by atoms with Crippen molar-refractivity contribution in [2.45, 2.75) is 13.8 Å². The summed E-state index contributed by atoms with van der Waals surface area (Å²) in [5.41, 5.74) is 25.0. The van der Waals surface area contributed by atoms with E-state index >= 15 is 0 Å². The van der Waals surface area contributed by atoms with Gasteiger partial charge < -0.3 is 28.3 Å². The number of carbonyl (C=O) groups excluding carboxylic acids is 1. The van der Waals surface area contributed by atoms with E-state index < -0.39 is 0 Å². The zero-order valence-corrected chi connectivity index (χ0v) is 16.1. The number of guanidine groups is 2. The van der Waals surface area contributed by atoms with Gasteiger partial charge in [0.2, 0.25) is 11.9 Å². The Morgan fingerprint density at radius 2 is 1.24 bits per heavy atom. The highest BCUT2D eigenvalue weighted by atomic mass is 16.1. The molecule has 10 nitrogen and oxygen atoms in total. The molecule has 0 aliphatic carbocycles. The Hall–Kier alpha value is -4.21. The number of benzene rings is 2. The Kier molecular flexibility index (Phi) is 7.02. The predicted molar refractivity (Wildman–Crippen MR) is 117 cm³/mol. The molecule has 2 aromatic carbocycles. The summed E-state index contributed by atoms with van der Waals surface area (Å²) in [6.07, 6.45) is 0. The van der Waals surface area contributed by atoms with Gasteiger partial charge in [0.1, 0.15) is 0 Å². The molecule has 9 N–H and O–H groups in total. The average molecular weight is 393 g/mol. The van der Waals surface area contributed by atoms with Crippen molar-refractivity contribution >= 4 is 34.9 Å². The quantitative estimate of drug-likeness (QED) is 0.277. The lowest BCUT2D eigenvalue weighted by atomic mass is 10.1. The first-order chi connectivity index (χ1) is 13.8. The topological polar surface area (TPSA) is 183 Å². The molecule has 0 spiro atoms. The summed E-state index contributed by atoms with van der Waals surface area (Å²) in [6, 6.07) is 14.1. The van der Waals surface area contributed by atoms with Crippen LogP contribution in [0.25, 0.3) is 0 Å². The maximum atomic E-state index is 12.5. The van der Waals surface area contributed by atoms with Crippen molar-refractivity contribution in [1.82, 2.24) is 0 Å². The van der Waals surface area contributed by atoms with Gasteiger partial charge in [-0.05, 0) is 49.2 Å². The molecule has 0 aliphatic heterocycles. The fourth-order valence-electron chi connectivity index (χ4n) is 2.27. The number of nitrogens with one attached hydrogen (secondary N) is 1. The first-order valence-electron chi connectivity index (χ1n) is 8.55. The third kappa shape index (κ3) is 6.47. The molecule has 0 unspecified atom stereocenters. The Morgan fingerprint density at radius 3 is 1.79 bits per heavy atom. The molecule has 0 saturated carbocycles. The van der Waals surface area contributed by atoms with E-state index in [2.05, 4.69) is 25.7 Å². The molecule has 1 amide bonds. The Labute approximate surface area is 168 Å². The lowest BCUT2D eigenvalue weighted by Gasteiger charge is -2.08. The molecule has 0 aromatic heterocycles. The van der Waals surface area contributed by atoms with Crippen LogP contribution in [0, 0.1) is 0 Å². The standard InChI is InChI=1S/C19H23N9O/c1-11(25-27-18(20)21)13-6-8-14(9-7-13)17(29)24-16-5-3-4-15(10-16)12(2)26-28-19(22)23/h3-10H,1-2H3,(H,24,29)(H4,20,21,27)(H4,22,23,28)/b25-11+,26-12+. The largest absolute Gasteiger partial charge is 0.369 e. The van der Waals surface area contributed by atoms with Crippen molar-refractivity contribution < 1.29 is 4.79 Å². The summed E-state index contributed by atoms with van der Waals surface area (Å²) >= 11 is 0. The number of amides is 1. The van der Waals surface area contributed by atoms with E-state index in [9.17, 15) is 4.79 Å². The van der Waals surface area contributed by atoms with E-state index in [-0.39, 0.29) is 17.8 Å². The number of carbonyl (C=O) groups is 1. The van der Waals surface area contributed by atoms with Crippen LogP contribution in [0.2, 0.25) is 0 Å². The van der Waals surface area contributed by atoms with Gasteiger partial charge in [0.05, 0.1) is 11.4 Å². The summed E-state index contributed by atoms with van der Waals surface area (Å²) in [7, 11) is 0. The molecular weight excluding hydrogens is 370 g/mol. The van der Waals surface area contributed by atoms with Crippen LogP contribution in [-0.2, 0) is 0 Å². The molecule has 0 aliphatic rings. The lowest BCUT2D eigenvalue weighted by Crippen LogP contribution is -2.22. The molecule has 0 radical (unpaired) electrons. The molecule has 150 valence electrons. The van der Waals surface area contributed by atoms with Crippen LogP contribution >= 0.6 is 0 Å². The van der Waals surface area contributed by atoms with Crippen LogP contribution in [0.1, 0.15) is 35.3 Å². The van der Waals surface area contributed by atoms with Crippen LogP contribution in [0.4, 0.5) is 5.69 Å². The zero-order valence-electron chi connectivity index (χ0n) is 16.1. The molecular formula is C19H23N9O. The van der Waals surface area contributed by atoms with Gasteiger partial charge in [-0.15, -0.1) is 10.2 Å². The Balaban J connectivity index is 2.14. The predicted octanol–water partition coefficient (Wildman–Crippen LogP) is 0.934. The van der Waals surface area contributed by atoms with Gasteiger partial charge in [0, 0.05) is 11.3 Å². The van der Waals surface area contributed by atoms with Crippen molar-refractivity contribution in [1.29, 1.82) is 0 Å². The fourth-order valence-corrected chi connectivity index (χ4v) is 2.27. The second-order valence-electron chi connectivity index (χ2n) is 6.03. The molecule has 0 atom stereocenters. The van der Waals surface area contributed by atoms with E-state index in [1.807, 2.05) is 6.07 Å². The highest BCUT2D eigenvalue weighted by Gasteiger charge is 2.08. The fraction of sp³-hybridized carbons (Fsp3) is 0.105. The van der Waals surface area contributed by atoms with Gasteiger partial charge >= 0.3 is 0 Å². The molecule has 10 heteroatoms. The maximum absolute atomic E-state index is 12.5. The van der Waals surface area contributed by atoms with Crippen LogP contribution in [0.15, 0.2) is 68.9 Å². The van der Waals surface area contributed by atoms with E-state index in [4.69, 9.17) is 22.9 Å². The lowest BCUT2D eigenvalue weighted by molar-refractivity contribution is 0.102. The number of nitrogens with zero attached hydrogens (tertiary/aromatic N) is 4. The summed E-state index contributed by atoms with van der Waals surface area (Å²) in [6.45, 7) is 3.53. The molecule has 0 bridgehead atoms. The minimum atomic E-state index is -0.258. The van der Waals surface area contributed by atoms with Gasteiger partial charge in [-0.1, -0.05) is 24.3 Å². The molecule has 29 heavy (non-hydrogen) atoms. The number of rotatable bonds is 6. The second-order valence-corrected chi connectivity index (χ2v) is 6.03. The summed E-state index contributed by atoms with van der Waals surface area (Å²) in [5.74, 6) is -0.511. The van der Waals surface area contributed by atoms with Crippen LogP contribution < -0.4 is 28.3 Å². The smallest absolute Gasteiger partial charge is 0.255 e. The van der Waals surface area contributed by atoms with Crippen molar-refractivity contribution in [3.8, 4) is 0 Å². The van der Waals surface area contributed by atoms with Gasteiger partial charge in [-0.25, -0.2) is 0 Å². The average Bonchev–Trinajstić information content (AvgIpc) is 2.70. The molecule has 0 fully saturated rings. The van der Waals surface area contributed by atoms with E-state index in [1.165, 1.54) is 0 Å². The monoisotopic (exact) mass is 393 g/mol. The summed E-state index contributed by atoms with van der Waals surface area (Å²) in [5, 5.41) is 17.9. The maximum Gasteiger partial charge on any atom is 0.255 e. The van der Waals surface area contributed by atoms with Crippen molar-refractivity contribution in [2.75, 3.05) is 5.32 Å². The van der Waals surface area contributed by atoms with Crippen LogP contribution in [0.5, 0.6) is 0 Å². The highest BCUT2D eigenvalue weighted by Crippen LogP contribution is 2.14. The Bertz CT molecular complexity index is 997. The van der Waals surface area contributed by atoms with Crippen molar-refractivity contribution in [3.63, 3.8) is 0 Å². The molecule has 0 saturated heterocycles. The summed E-state index contributed by atoms with van der Waals surface area (Å²) < 4.78 is 0. The number of hydrogen-bond acceptors (Lipinski definition) is 5. The first-order valence-corrected chi connectivity index (χ1v) is 8.55.